The van der Waals surface area contributed by atoms with Crippen molar-refractivity contribution in [2.45, 2.75) is 20.8 Å². The van der Waals surface area contributed by atoms with Crippen molar-refractivity contribution in [1.29, 1.82) is 0 Å². The van der Waals surface area contributed by atoms with E-state index in [0.717, 1.165) is 0 Å². The van der Waals surface area contributed by atoms with E-state index in [0.29, 0.717) is 22.6 Å². The molecule has 0 saturated carbocycles. The predicted molar refractivity (Wildman–Crippen MR) is 84.2 cm³/mol. The molecule has 2 aromatic heterocycles. The van der Waals surface area contributed by atoms with Gasteiger partial charge in [0.15, 0.2) is 0 Å². The smallest absolute Gasteiger partial charge is 0.340 e. The van der Waals surface area contributed by atoms with Crippen molar-refractivity contribution in [1.82, 2.24) is 9.97 Å². The second-order valence-corrected chi connectivity index (χ2v) is 4.83. The summed E-state index contributed by atoms with van der Waals surface area (Å²) < 4.78 is 9.98. The summed E-state index contributed by atoms with van der Waals surface area (Å²) in [6.07, 6.45) is 1.59. The topological polar surface area (TPSA) is 78.4 Å². The Morgan fingerprint density at radius 1 is 1.09 bits per heavy atom. The minimum atomic E-state index is -0.568. The molecule has 0 spiro atoms. The first-order valence-corrected chi connectivity index (χ1v) is 7.19. The summed E-state index contributed by atoms with van der Waals surface area (Å²) in [7, 11) is 1.29. The molecule has 6 nitrogen and oxygen atoms in total. The van der Waals surface area contributed by atoms with Gasteiger partial charge in [0.25, 0.3) is 0 Å². The number of aryl methyl sites for hydroxylation is 2. The molecule has 2 aromatic rings. The zero-order chi connectivity index (χ0) is 17.0. The molecule has 0 aliphatic rings. The highest BCUT2D eigenvalue weighted by Gasteiger charge is 2.27. The lowest BCUT2D eigenvalue weighted by Gasteiger charge is -2.16. The SMILES string of the molecule is CCOC(=O)c1c(C)nc(C)c(C(=O)OC)c1-c1ccccn1. The Morgan fingerprint density at radius 3 is 2.26 bits per heavy atom. The average Bonchev–Trinajstić information content (AvgIpc) is 2.54. The van der Waals surface area contributed by atoms with Crippen molar-refractivity contribution >= 4 is 11.9 Å². The highest BCUT2D eigenvalue weighted by molar-refractivity contribution is 6.06. The molecule has 0 saturated heterocycles. The van der Waals surface area contributed by atoms with Crippen LogP contribution in [-0.2, 0) is 9.47 Å². The van der Waals surface area contributed by atoms with Gasteiger partial charge in [-0.3, -0.25) is 9.97 Å². The fourth-order valence-corrected chi connectivity index (χ4v) is 2.42. The number of nitrogens with zero attached hydrogens (tertiary/aromatic N) is 2. The molecule has 0 aliphatic heterocycles. The minimum Gasteiger partial charge on any atom is -0.465 e. The van der Waals surface area contributed by atoms with Crippen LogP contribution in [0.15, 0.2) is 24.4 Å². The van der Waals surface area contributed by atoms with E-state index < -0.39 is 11.9 Å². The Hall–Kier alpha value is -2.76. The number of hydrogen-bond donors (Lipinski definition) is 0. The second-order valence-electron chi connectivity index (χ2n) is 4.83. The lowest BCUT2D eigenvalue weighted by atomic mass is 9.95. The van der Waals surface area contributed by atoms with E-state index in [1.165, 1.54) is 7.11 Å². The summed E-state index contributed by atoms with van der Waals surface area (Å²) in [5, 5.41) is 0. The molecule has 6 heteroatoms. The predicted octanol–water partition coefficient (Wildman–Crippen LogP) is 2.72. The van der Waals surface area contributed by atoms with Gasteiger partial charge in [-0.1, -0.05) is 6.07 Å². The Labute approximate surface area is 134 Å². The maximum absolute atomic E-state index is 12.4. The summed E-state index contributed by atoms with van der Waals surface area (Å²) in [6, 6.07) is 5.26. The van der Waals surface area contributed by atoms with E-state index in [-0.39, 0.29) is 17.7 Å². The van der Waals surface area contributed by atoms with E-state index >= 15 is 0 Å². The lowest BCUT2D eigenvalue weighted by Crippen LogP contribution is -2.17. The summed E-state index contributed by atoms with van der Waals surface area (Å²) in [6.45, 7) is 5.34. The van der Waals surface area contributed by atoms with Crippen LogP contribution < -0.4 is 0 Å². The standard InChI is InChI=1S/C17H18N2O4/c1-5-23-17(21)14-11(3)19-10(2)13(16(20)22-4)15(14)12-8-6-7-9-18-12/h6-9H,5H2,1-4H3. The lowest BCUT2D eigenvalue weighted by molar-refractivity contribution is 0.0526. The molecule has 2 rings (SSSR count). The maximum atomic E-state index is 12.4. The van der Waals surface area contributed by atoms with Gasteiger partial charge in [0.05, 0.1) is 41.9 Å². The van der Waals surface area contributed by atoms with E-state index in [1.54, 1.807) is 45.2 Å². The first-order chi connectivity index (χ1) is 11.0. The van der Waals surface area contributed by atoms with Crippen molar-refractivity contribution < 1.29 is 19.1 Å². The number of carbonyl (C=O) groups excluding carboxylic acids is 2. The normalized spacial score (nSPS) is 10.3. The number of aromatic nitrogens is 2. The fourth-order valence-electron chi connectivity index (χ4n) is 2.42. The highest BCUT2D eigenvalue weighted by atomic mass is 16.5. The summed E-state index contributed by atoms with van der Waals surface area (Å²) in [5.41, 5.74) is 2.29. The Morgan fingerprint density at radius 2 is 1.74 bits per heavy atom. The van der Waals surface area contributed by atoms with Crippen molar-refractivity contribution in [2.24, 2.45) is 0 Å². The van der Waals surface area contributed by atoms with Crippen LogP contribution in [0.1, 0.15) is 39.0 Å². The van der Waals surface area contributed by atoms with Crippen molar-refractivity contribution in [2.75, 3.05) is 13.7 Å². The summed E-state index contributed by atoms with van der Waals surface area (Å²) in [4.78, 5) is 33.2. The van der Waals surface area contributed by atoms with Crippen LogP contribution in [0.25, 0.3) is 11.3 Å². The van der Waals surface area contributed by atoms with Crippen molar-refractivity contribution in [3.05, 3.63) is 46.9 Å². The van der Waals surface area contributed by atoms with Gasteiger partial charge in [0.1, 0.15) is 0 Å². The third-order valence-corrected chi connectivity index (χ3v) is 3.35. The van der Waals surface area contributed by atoms with Crippen LogP contribution in [0.2, 0.25) is 0 Å². The Bertz CT molecular complexity index is 742. The number of carbonyl (C=O) groups is 2. The quantitative estimate of drug-likeness (QED) is 0.807. The molecule has 0 N–H and O–H groups in total. The Kier molecular flexibility index (Phi) is 5.05. The molecule has 0 aromatic carbocycles. The molecular weight excluding hydrogens is 296 g/mol. The van der Waals surface area contributed by atoms with Crippen LogP contribution in [0, 0.1) is 13.8 Å². The average molecular weight is 314 g/mol. The van der Waals surface area contributed by atoms with Gasteiger partial charge in [0.2, 0.25) is 0 Å². The highest BCUT2D eigenvalue weighted by Crippen LogP contribution is 2.31. The van der Waals surface area contributed by atoms with Crippen LogP contribution >= 0.6 is 0 Å². The first-order valence-electron chi connectivity index (χ1n) is 7.19. The number of hydrogen-bond acceptors (Lipinski definition) is 6. The molecule has 120 valence electrons. The van der Waals surface area contributed by atoms with Gasteiger partial charge in [-0.15, -0.1) is 0 Å². The van der Waals surface area contributed by atoms with Crippen LogP contribution in [0.3, 0.4) is 0 Å². The molecule has 0 unspecified atom stereocenters. The monoisotopic (exact) mass is 314 g/mol. The van der Waals surface area contributed by atoms with Crippen molar-refractivity contribution in [3.8, 4) is 11.3 Å². The van der Waals surface area contributed by atoms with Gasteiger partial charge in [-0.05, 0) is 32.9 Å². The number of esters is 2. The van der Waals surface area contributed by atoms with E-state index in [2.05, 4.69) is 9.97 Å². The van der Waals surface area contributed by atoms with E-state index in [1.807, 2.05) is 0 Å². The van der Waals surface area contributed by atoms with Gasteiger partial charge < -0.3 is 9.47 Å². The molecule has 0 bridgehead atoms. The maximum Gasteiger partial charge on any atom is 0.340 e. The molecule has 0 fully saturated rings. The molecule has 0 amide bonds. The molecule has 23 heavy (non-hydrogen) atoms. The summed E-state index contributed by atoms with van der Waals surface area (Å²) >= 11 is 0. The fraction of sp³-hybridized carbons (Fsp3) is 0.294. The van der Waals surface area contributed by atoms with Gasteiger partial charge >= 0.3 is 11.9 Å². The number of pyridine rings is 2. The van der Waals surface area contributed by atoms with Crippen LogP contribution in [-0.4, -0.2) is 35.6 Å². The zero-order valence-electron chi connectivity index (χ0n) is 13.5. The Balaban J connectivity index is 2.85. The largest absolute Gasteiger partial charge is 0.465 e. The van der Waals surface area contributed by atoms with Crippen LogP contribution in [0.4, 0.5) is 0 Å². The van der Waals surface area contributed by atoms with Crippen molar-refractivity contribution in [3.63, 3.8) is 0 Å². The van der Waals surface area contributed by atoms with E-state index in [4.69, 9.17) is 9.47 Å². The second kappa shape index (κ2) is 7.00. The first kappa shape index (κ1) is 16.6. The molecule has 0 atom stereocenters. The molecule has 0 radical (unpaired) electrons. The van der Waals surface area contributed by atoms with Gasteiger partial charge in [0, 0.05) is 11.8 Å². The van der Waals surface area contributed by atoms with Crippen LogP contribution in [0.5, 0.6) is 0 Å². The number of methoxy groups -OCH3 is 1. The molecule has 0 aliphatic carbocycles. The third kappa shape index (κ3) is 3.21. The molecular formula is C17H18N2O4. The molecule has 2 heterocycles. The summed E-state index contributed by atoms with van der Waals surface area (Å²) in [5.74, 6) is -1.11. The zero-order valence-corrected chi connectivity index (χ0v) is 13.5. The van der Waals surface area contributed by atoms with Gasteiger partial charge in [-0.2, -0.15) is 0 Å². The third-order valence-electron chi connectivity index (χ3n) is 3.35. The van der Waals surface area contributed by atoms with E-state index in [9.17, 15) is 9.59 Å². The van der Waals surface area contributed by atoms with Gasteiger partial charge in [-0.25, -0.2) is 9.59 Å². The number of rotatable bonds is 4. The minimum absolute atomic E-state index is 0.222. The number of ether oxygens (including phenoxy) is 2.